The maximum absolute atomic E-state index is 13.0. The van der Waals surface area contributed by atoms with E-state index in [2.05, 4.69) is 24.3 Å². The van der Waals surface area contributed by atoms with Crippen molar-refractivity contribution in [2.75, 3.05) is 11.5 Å². The molecule has 0 spiro atoms. The predicted molar refractivity (Wildman–Crippen MR) is 197 cm³/mol. The quantitative estimate of drug-likeness (QED) is 0.0413. The number of imide groups is 1. The van der Waals surface area contributed by atoms with Gasteiger partial charge in [-0.15, -0.1) is 0 Å². The van der Waals surface area contributed by atoms with Crippen LogP contribution in [0, 0.1) is 5.82 Å². The van der Waals surface area contributed by atoms with Gasteiger partial charge in [-0.1, -0.05) is 120 Å². The van der Waals surface area contributed by atoms with Gasteiger partial charge in [0.25, 0.3) is 11.8 Å². The second-order valence-electron chi connectivity index (χ2n) is 13.0. The van der Waals surface area contributed by atoms with Gasteiger partial charge in [0, 0.05) is 17.7 Å². The van der Waals surface area contributed by atoms with E-state index in [-0.39, 0.29) is 23.4 Å². The van der Waals surface area contributed by atoms with Gasteiger partial charge in [0.15, 0.2) is 5.78 Å². The van der Waals surface area contributed by atoms with E-state index < -0.39 is 0 Å². The Morgan fingerprint density at radius 3 is 1.61 bits per heavy atom. The number of ether oxygens (including phenoxy) is 1. The van der Waals surface area contributed by atoms with Gasteiger partial charge in [0.2, 0.25) is 0 Å². The molecule has 0 bridgehead atoms. The lowest BCUT2D eigenvalue weighted by Gasteiger charge is -2.14. The molecule has 2 amide bonds. The summed E-state index contributed by atoms with van der Waals surface area (Å²) in [6.07, 6.45) is 27.8. The van der Waals surface area contributed by atoms with Gasteiger partial charge in [-0.25, -0.2) is 9.29 Å². The van der Waals surface area contributed by atoms with Crippen LogP contribution in [-0.4, -0.2) is 24.2 Å². The molecule has 1 aliphatic rings. The van der Waals surface area contributed by atoms with Crippen molar-refractivity contribution in [3.05, 3.63) is 114 Å². The molecule has 49 heavy (non-hydrogen) atoms. The number of amides is 2. The average molecular weight is 666 g/mol. The van der Waals surface area contributed by atoms with Gasteiger partial charge in [-0.05, 0) is 85.0 Å². The van der Waals surface area contributed by atoms with Crippen molar-refractivity contribution in [1.29, 1.82) is 0 Å². The number of rotatable bonds is 24. The van der Waals surface area contributed by atoms with Crippen molar-refractivity contribution >= 4 is 29.4 Å². The Balaban J connectivity index is 0.882. The Morgan fingerprint density at radius 2 is 1.08 bits per heavy atom. The highest BCUT2D eigenvalue weighted by molar-refractivity contribution is 6.28. The van der Waals surface area contributed by atoms with Crippen LogP contribution in [0.5, 0.6) is 5.75 Å². The molecule has 0 saturated heterocycles. The minimum atomic E-state index is -0.340. The summed E-state index contributed by atoms with van der Waals surface area (Å²) >= 11 is 0. The summed E-state index contributed by atoms with van der Waals surface area (Å²) in [7, 11) is 0. The second kappa shape index (κ2) is 21.6. The maximum atomic E-state index is 13.0. The van der Waals surface area contributed by atoms with E-state index in [1.165, 1.54) is 138 Å². The number of allylic oxidation sites excluding steroid dienone is 1. The number of hydrogen-bond acceptors (Lipinski definition) is 4. The van der Waals surface area contributed by atoms with Crippen LogP contribution in [0.15, 0.2) is 91.0 Å². The van der Waals surface area contributed by atoms with Gasteiger partial charge in [0.05, 0.1) is 12.3 Å². The first-order valence-corrected chi connectivity index (χ1v) is 18.4. The molecule has 0 aromatic heterocycles. The first-order valence-electron chi connectivity index (χ1n) is 18.4. The third kappa shape index (κ3) is 14.0. The van der Waals surface area contributed by atoms with E-state index in [9.17, 15) is 18.8 Å². The molecule has 1 aliphatic heterocycles. The fourth-order valence-electron chi connectivity index (χ4n) is 6.12. The summed E-state index contributed by atoms with van der Waals surface area (Å²) < 4.78 is 18.9. The molecule has 0 N–H and O–H groups in total. The monoisotopic (exact) mass is 665 g/mol. The topological polar surface area (TPSA) is 63.7 Å². The van der Waals surface area contributed by atoms with E-state index in [0.29, 0.717) is 17.9 Å². The Morgan fingerprint density at radius 1 is 0.592 bits per heavy atom. The lowest BCUT2D eigenvalue weighted by molar-refractivity contribution is -0.120. The molecule has 0 radical (unpaired) electrons. The summed E-state index contributed by atoms with van der Waals surface area (Å²) in [5, 5.41) is 0. The number of ketones is 1. The van der Waals surface area contributed by atoms with Gasteiger partial charge in [-0.3, -0.25) is 14.4 Å². The average Bonchev–Trinajstić information content (AvgIpc) is 3.46. The van der Waals surface area contributed by atoms with Crippen molar-refractivity contribution in [1.82, 2.24) is 0 Å². The standard InChI is InChI=1S/C43H52FNO4/c44-38-25-23-37(24-26-38)41(46)31-22-36-20-18-35(19-21-36)17-15-13-11-9-7-5-3-1-2-4-6-8-10-12-14-16-34-49-40-29-27-39(28-30-40)45-42(47)32-33-43(45)48/h18-33H,1-17,34H2/b31-22+. The summed E-state index contributed by atoms with van der Waals surface area (Å²) in [6, 6.07) is 21.2. The van der Waals surface area contributed by atoms with E-state index in [0.717, 1.165) is 29.1 Å². The van der Waals surface area contributed by atoms with Crippen LogP contribution in [0.3, 0.4) is 0 Å². The van der Waals surface area contributed by atoms with Gasteiger partial charge >= 0.3 is 0 Å². The zero-order chi connectivity index (χ0) is 34.5. The van der Waals surface area contributed by atoms with Crippen LogP contribution in [0.4, 0.5) is 10.1 Å². The Labute approximate surface area is 292 Å². The van der Waals surface area contributed by atoms with Gasteiger partial charge in [-0.2, -0.15) is 0 Å². The number of hydrogen-bond donors (Lipinski definition) is 0. The highest BCUT2D eigenvalue weighted by atomic mass is 19.1. The van der Waals surface area contributed by atoms with E-state index in [1.54, 1.807) is 18.2 Å². The summed E-state index contributed by atoms with van der Waals surface area (Å²) in [5.74, 6) is -0.314. The van der Waals surface area contributed by atoms with Crippen LogP contribution in [0.1, 0.15) is 124 Å². The fourth-order valence-corrected chi connectivity index (χ4v) is 6.12. The second-order valence-corrected chi connectivity index (χ2v) is 13.0. The zero-order valence-electron chi connectivity index (χ0n) is 28.9. The van der Waals surface area contributed by atoms with Crippen LogP contribution < -0.4 is 9.64 Å². The minimum Gasteiger partial charge on any atom is -0.494 e. The summed E-state index contributed by atoms with van der Waals surface area (Å²) in [4.78, 5) is 36.9. The molecule has 3 aromatic rings. The molecule has 0 fully saturated rings. The van der Waals surface area contributed by atoms with Crippen LogP contribution in [0.2, 0.25) is 0 Å². The molecular formula is C43H52FNO4. The fraction of sp³-hybridized carbons (Fsp3) is 0.419. The van der Waals surface area contributed by atoms with E-state index in [4.69, 9.17) is 4.74 Å². The number of aryl methyl sites for hydroxylation is 1. The number of anilines is 1. The molecule has 1 heterocycles. The minimum absolute atomic E-state index is 0.123. The van der Waals surface area contributed by atoms with E-state index in [1.807, 2.05) is 18.2 Å². The molecule has 0 saturated carbocycles. The first-order chi connectivity index (χ1) is 24.0. The highest BCUT2D eigenvalue weighted by Gasteiger charge is 2.24. The van der Waals surface area contributed by atoms with Crippen molar-refractivity contribution < 1.29 is 23.5 Å². The number of benzene rings is 3. The molecule has 0 unspecified atom stereocenters. The van der Waals surface area contributed by atoms with Crippen molar-refractivity contribution in [2.45, 2.75) is 109 Å². The third-order valence-electron chi connectivity index (χ3n) is 9.07. The van der Waals surface area contributed by atoms with Gasteiger partial charge < -0.3 is 4.74 Å². The molecule has 260 valence electrons. The molecule has 6 heteroatoms. The normalized spacial score (nSPS) is 12.8. The largest absolute Gasteiger partial charge is 0.494 e. The Hall–Kier alpha value is -4.32. The Kier molecular flexibility index (Phi) is 16.5. The zero-order valence-corrected chi connectivity index (χ0v) is 28.9. The number of halogens is 1. The molecule has 3 aromatic carbocycles. The van der Waals surface area contributed by atoms with Gasteiger partial charge in [0.1, 0.15) is 11.6 Å². The lowest BCUT2D eigenvalue weighted by atomic mass is 10.0. The highest BCUT2D eigenvalue weighted by Crippen LogP contribution is 2.23. The first kappa shape index (κ1) is 37.5. The number of carbonyl (C=O) groups is 3. The number of nitrogens with zero attached hydrogens (tertiary/aromatic N) is 1. The summed E-state index contributed by atoms with van der Waals surface area (Å²) in [6.45, 7) is 0.685. The molecule has 0 aliphatic carbocycles. The van der Waals surface area contributed by atoms with Crippen molar-refractivity contribution in [3.8, 4) is 5.75 Å². The van der Waals surface area contributed by atoms with Crippen LogP contribution in [-0.2, 0) is 16.0 Å². The van der Waals surface area contributed by atoms with Crippen LogP contribution in [0.25, 0.3) is 6.08 Å². The maximum Gasteiger partial charge on any atom is 0.258 e. The Bertz CT molecular complexity index is 1470. The predicted octanol–water partition coefficient (Wildman–Crippen LogP) is 11.0. The molecule has 4 rings (SSSR count). The van der Waals surface area contributed by atoms with Crippen molar-refractivity contribution in [2.24, 2.45) is 0 Å². The van der Waals surface area contributed by atoms with Crippen molar-refractivity contribution in [3.63, 3.8) is 0 Å². The molecule has 0 atom stereocenters. The SMILES string of the molecule is O=C(/C=C/c1ccc(CCCCCCCCCCCCCCCCCCOc2ccc(N3C(=O)C=CC3=O)cc2)cc1)c1ccc(F)cc1. The smallest absolute Gasteiger partial charge is 0.258 e. The summed E-state index contributed by atoms with van der Waals surface area (Å²) in [5.41, 5.74) is 3.39. The number of unbranched alkanes of at least 4 members (excludes halogenated alkanes) is 15. The molecule has 5 nitrogen and oxygen atoms in total. The third-order valence-corrected chi connectivity index (χ3v) is 9.07. The molecular weight excluding hydrogens is 613 g/mol. The lowest BCUT2D eigenvalue weighted by Crippen LogP contribution is -2.29. The van der Waals surface area contributed by atoms with Crippen LogP contribution >= 0.6 is 0 Å². The number of carbonyl (C=O) groups excluding carboxylic acids is 3. The van der Waals surface area contributed by atoms with E-state index >= 15 is 0 Å².